The molecule has 0 saturated heterocycles. The Hall–Kier alpha value is -4.49. The highest BCUT2D eigenvalue weighted by Crippen LogP contribution is 2.41. The van der Waals surface area contributed by atoms with Crippen molar-refractivity contribution in [1.29, 1.82) is 0 Å². The molecule has 3 aromatic rings. The van der Waals surface area contributed by atoms with Crippen molar-refractivity contribution in [2.45, 2.75) is 45.4 Å². The van der Waals surface area contributed by atoms with Gasteiger partial charge < -0.3 is 0 Å². The minimum atomic E-state index is -0.212. The van der Waals surface area contributed by atoms with Crippen molar-refractivity contribution in [1.82, 2.24) is 0 Å². The van der Waals surface area contributed by atoms with Gasteiger partial charge in [0.15, 0.2) is 21.8 Å². The van der Waals surface area contributed by atoms with Crippen molar-refractivity contribution in [3.05, 3.63) is 178 Å². The molecule has 0 N–H and O–H groups in total. The molecule has 0 aromatic heterocycles. The number of allylic oxidation sites excluding steroid dienone is 17. The lowest BCUT2D eigenvalue weighted by molar-refractivity contribution is 0.759. The number of rotatable bonds is 4. The number of hydrogen-bond donors (Lipinski definition) is 0. The molecule has 3 heterocycles. The maximum absolute atomic E-state index is 4.07. The van der Waals surface area contributed by atoms with Gasteiger partial charge in [0.1, 0.15) is 0 Å². The molecule has 8 rings (SSSR count). The van der Waals surface area contributed by atoms with Crippen LogP contribution in [0.15, 0.2) is 162 Å². The van der Waals surface area contributed by atoms with Crippen LogP contribution in [0.2, 0.25) is 0 Å². The van der Waals surface area contributed by atoms with E-state index in [4.69, 9.17) is 0 Å². The van der Waals surface area contributed by atoms with Crippen LogP contribution in [-0.4, -0.2) is 21.8 Å². The van der Waals surface area contributed by atoms with Crippen LogP contribution >= 0.6 is 0 Å². The SMILES string of the molecule is C=CC1=C(/C=C\C)[B]c2cc(C3(C)C=CC4=C(C=C3)C3=C([B]4)C=CC(C)(c4ccc5c(c4)[B]c4ccccc4-5)C=C3)ccc21.CC. The first-order valence-corrected chi connectivity index (χ1v) is 16.6. The zero-order chi connectivity index (χ0) is 32.1. The van der Waals surface area contributed by atoms with E-state index in [1.807, 2.05) is 19.9 Å². The Labute approximate surface area is 277 Å². The average molecular weight is 587 g/mol. The van der Waals surface area contributed by atoms with Crippen LogP contribution in [0.3, 0.4) is 0 Å². The van der Waals surface area contributed by atoms with E-state index in [1.54, 1.807) is 0 Å². The predicted molar refractivity (Wildman–Crippen MR) is 203 cm³/mol. The van der Waals surface area contributed by atoms with Crippen molar-refractivity contribution in [2.24, 2.45) is 0 Å². The Kier molecular flexibility index (Phi) is 7.68. The molecular weight excluding hydrogens is 549 g/mol. The fourth-order valence-corrected chi connectivity index (χ4v) is 7.32. The normalized spacial score (nSPS) is 23.0. The summed E-state index contributed by atoms with van der Waals surface area (Å²) < 4.78 is 0. The third-order valence-corrected chi connectivity index (χ3v) is 10.0. The van der Waals surface area contributed by atoms with E-state index in [9.17, 15) is 0 Å². The third kappa shape index (κ3) is 4.89. The van der Waals surface area contributed by atoms with E-state index in [0.29, 0.717) is 0 Å². The molecule has 0 fully saturated rings. The first-order valence-electron chi connectivity index (χ1n) is 16.6. The van der Waals surface area contributed by atoms with Gasteiger partial charge in [-0.3, -0.25) is 0 Å². The van der Waals surface area contributed by atoms with Crippen LogP contribution in [0, 0.1) is 0 Å². The van der Waals surface area contributed by atoms with Crippen LogP contribution in [-0.2, 0) is 10.8 Å². The highest BCUT2D eigenvalue weighted by atomic mass is 14.3. The Bertz CT molecular complexity index is 2040. The van der Waals surface area contributed by atoms with Gasteiger partial charge in [0.05, 0.1) is 0 Å². The molecule has 2 unspecified atom stereocenters. The van der Waals surface area contributed by atoms with Gasteiger partial charge in [-0.05, 0) is 65.3 Å². The lowest BCUT2D eigenvalue weighted by Crippen LogP contribution is -2.24. The monoisotopic (exact) mass is 587 g/mol. The summed E-state index contributed by atoms with van der Waals surface area (Å²) in [6.07, 6.45) is 25.0. The summed E-state index contributed by atoms with van der Waals surface area (Å²) in [6, 6.07) is 22.5. The fourth-order valence-electron chi connectivity index (χ4n) is 7.32. The zero-order valence-corrected chi connectivity index (χ0v) is 27.6. The smallest absolute Gasteiger partial charge is 0.0985 e. The molecule has 3 radical (unpaired) electrons. The van der Waals surface area contributed by atoms with E-state index in [0.717, 1.165) is 0 Å². The minimum absolute atomic E-state index is 0.194. The second kappa shape index (κ2) is 11.7. The standard InChI is InChI=1S/C41H32B3.C2H6/c1-5-9-34-28(6-2)30-14-12-26(24-38(30)43-34)40(3)20-16-32-33-17-21-41(4,23-19-37(33)42-36(32)18-22-40)27-13-15-31-29-10-7-8-11-35(29)44-39(31)25-27;1-2/h5-25H,2H2,1,3-4H3;1-2H3/b9-5-;. The number of hydrogen-bond acceptors (Lipinski definition) is 0. The van der Waals surface area contributed by atoms with Crippen LogP contribution in [0.25, 0.3) is 16.7 Å². The van der Waals surface area contributed by atoms with Crippen molar-refractivity contribution in [3.63, 3.8) is 0 Å². The van der Waals surface area contributed by atoms with Crippen LogP contribution in [0.1, 0.15) is 51.3 Å². The van der Waals surface area contributed by atoms with Crippen molar-refractivity contribution in [2.75, 3.05) is 0 Å². The molecule has 3 aliphatic heterocycles. The maximum Gasteiger partial charge on any atom is 0.193 e. The molecule has 2 atom stereocenters. The van der Waals surface area contributed by atoms with Gasteiger partial charge in [0.25, 0.3) is 0 Å². The van der Waals surface area contributed by atoms with Gasteiger partial charge in [0.2, 0.25) is 0 Å². The molecule has 0 bridgehead atoms. The number of benzene rings is 3. The molecule has 3 heteroatoms. The van der Waals surface area contributed by atoms with E-state index in [-0.39, 0.29) is 10.8 Å². The predicted octanol–water partition coefficient (Wildman–Crippen LogP) is 7.86. The first-order chi connectivity index (χ1) is 22.4. The molecule has 5 aliphatic rings. The van der Waals surface area contributed by atoms with Gasteiger partial charge >= 0.3 is 0 Å². The Morgan fingerprint density at radius 1 is 0.609 bits per heavy atom. The molecule has 0 amide bonds. The molecule has 2 aliphatic carbocycles. The average Bonchev–Trinajstić information content (AvgIpc) is 3.67. The molecular formula is C43H38B3. The van der Waals surface area contributed by atoms with E-state index in [1.165, 1.54) is 77.3 Å². The minimum Gasteiger partial charge on any atom is -0.0985 e. The van der Waals surface area contributed by atoms with Gasteiger partial charge in [-0.25, -0.2) is 0 Å². The van der Waals surface area contributed by atoms with E-state index in [2.05, 4.69) is 171 Å². The first kappa shape index (κ1) is 30.2. The second-order valence-electron chi connectivity index (χ2n) is 12.8. The Morgan fingerprint density at radius 3 is 1.76 bits per heavy atom. The summed E-state index contributed by atoms with van der Waals surface area (Å²) in [5, 5.41) is 0. The van der Waals surface area contributed by atoms with Crippen molar-refractivity contribution >= 4 is 43.8 Å². The topological polar surface area (TPSA) is 0 Å². The van der Waals surface area contributed by atoms with Crippen LogP contribution < -0.4 is 16.4 Å². The Balaban J connectivity index is 0.00000166. The Morgan fingerprint density at radius 2 is 1.15 bits per heavy atom. The van der Waals surface area contributed by atoms with Crippen LogP contribution in [0.5, 0.6) is 0 Å². The van der Waals surface area contributed by atoms with E-state index < -0.39 is 0 Å². The second-order valence-corrected chi connectivity index (χ2v) is 12.8. The fraction of sp³-hybridized carbons (Fsp3) is 0.163. The molecule has 0 saturated carbocycles. The number of fused-ring (bicyclic) bond motifs is 5. The third-order valence-electron chi connectivity index (χ3n) is 10.0. The molecule has 3 aromatic carbocycles. The van der Waals surface area contributed by atoms with Crippen molar-refractivity contribution < 1.29 is 0 Å². The van der Waals surface area contributed by atoms with E-state index >= 15 is 0 Å². The quantitative estimate of drug-likeness (QED) is 0.214. The zero-order valence-electron chi connectivity index (χ0n) is 27.6. The van der Waals surface area contributed by atoms with Gasteiger partial charge in [0, 0.05) is 10.8 Å². The summed E-state index contributed by atoms with van der Waals surface area (Å²) >= 11 is 0. The molecule has 46 heavy (non-hydrogen) atoms. The highest BCUT2D eigenvalue weighted by molar-refractivity contribution is 6.73. The maximum atomic E-state index is 4.07. The molecule has 0 spiro atoms. The van der Waals surface area contributed by atoms with Crippen molar-refractivity contribution in [3.8, 4) is 11.1 Å². The summed E-state index contributed by atoms with van der Waals surface area (Å²) in [4.78, 5) is 0. The lowest BCUT2D eigenvalue weighted by atomic mass is 9.64. The summed E-state index contributed by atoms with van der Waals surface area (Å²) in [5.74, 6) is 0. The molecule has 219 valence electrons. The van der Waals surface area contributed by atoms with Crippen LogP contribution in [0.4, 0.5) is 0 Å². The van der Waals surface area contributed by atoms with Gasteiger partial charge in [-0.1, -0.05) is 181 Å². The van der Waals surface area contributed by atoms with Gasteiger partial charge in [-0.15, -0.1) is 0 Å². The van der Waals surface area contributed by atoms with Gasteiger partial charge in [-0.2, -0.15) is 0 Å². The summed E-state index contributed by atoms with van der Waals surface area (Å²) in [7, 11) is 6.94. The molecule has 0 nitrogen and oxygen atoms in total. The largest absolute Gasteiger partial charge is 0.193 e. The summed E-state index contributed by atoms with van der Waals surface area (Å²) in [5.41, 5.74) is 17.6. The lowest BCUT2D eigenvalue weighted by Gasteiger charge is -2.24. The highest BCUT2D eigenvalue weighted by Gasteiger charge is 2.31. The summed E-state index contributed by atoms with van der Waals surface area (Å²) in [6.45, 7) is 14.8.